The van der Waals surface area contributed by atoms with E-state index in [0.29, 0.717) is 17.0 Å². The fourth-order valence-corrected chi connectivity index (χ4v) is 3.44. The summed E-state index contributed by atoms with van der Waals surface area (Å²) in [6, 6.07) is 7.95. The van der Waals surface area contributed by atoms with Crippen LogP contribution in [0.5, 0.6) is 0 Å². The van der Waals surface area contributed by atoms with Gasteiger partial charge in [-0.15, -0.1) is 0 Å². The topological polar surface area (TPSA) is 47.1 Å². The van der Waals surface area contributed by atoms with Crippen molar-refractivity contribution >= 4 is 11.6 Å². The van der Waals surface area contributed by atoms with Gasteiger partial charge in [-0.05, 0) is 43.7 Å². The number of oxazole rings is 1. The normalized spacial score (nSPS) is 18.3. The van der Waals surface area contributed by atoms with Crippen molar-refractivity contribution in [2.75, 3.05) is 6.54 Å². The van der Waals surface area contributed by atoms with Gasteiger partial charge in [0, 0.05) is 42.0 Å². The summed E-state index contributed by atoms with van der Waals surface area (Å²) in [5.74, 6) is 0.638. The van der Waals surface area contributed by atoms with Gasteiger partial charge in [-0.25, -0.2) is 4.98 Å². The summed E-state index contributed by atoms with van der Waals surface area (Å²) in [6.45, 7) is 1.86. The molecule has 3 aromatic rings. The van der Waals surface area contributed by atoms with E-state index in [-0.39, 0.29) is 0 Å². The average molecular weight is 343 g/mol. The molecule has 24 heavy (non-hydrogen) atoms. The number of hydrogen-bond acceptors (Lipinski definition) is 4. The van der Waals surface area contributed by atoms with Crippen LogP contribution in [0.25, 0.3) is 11.5 Å². The molecule has 0 spiro atoms. The van der Waals surface area contributed by atoms with Gasteiger partial charge in [0.25, 0.3) is 0 Å². The zero-order valence-electron chi connectivity index (χ0n) is 13.5. The number of hydrogen-bond donors (Lipinski definition) is 0. The van der Waals surface area contributed by atoms with Gasteiger partial charge in [-0.1, -0.05) is 11.6 Å². The molecule has 2 aromatic heterocycles. The van der Waals surface area contributed by atoms with Crippen molar-refractivity contribution in [3.05, 3.63) is 59.2 Å². The highest BCUT2D eigenvalue weighted by atomic mass is 35.5. The molecule has 0 amide bonds. The van der Waals surface area contributed by atoms with Gasteiger partial charge in [0.1, 0.15) is 6.26 Å². The van der Waals surface area contributed by atoms with Gasteiger partial charge >= 0.3 is 0 Å². The lowest BCUT2D eigenvalue weighted by Crippen LogP contribution is -2.22. The van der Waals surface area contributed by atoms with Crippen molar-refractivity contribution in [3.8, 4) is 11.5 Å². The van der Waals surface area contributed by atoms with Crippen molar-refractivity contribution in [3.63, 3.8) is 0 Å². The molecule has 124 valence electrons. The molecule has 0 bridgehead atoms. The van der Waals surface area contributed by atoms with E-state index in [0.717, 1.165) is 30.8 Å². The van der Waals surface area contributed by atoms with Crippen LogP contribution in [0.2, 0.25) is 5.02 Å². The molecular weight excluding hydrogens is 324 g/mol. The predicted octanol–water partition coefficient (Wildman–Crippen LogP) is 4.07. The zero-order chi connectivity index (χ0) is 16.5. The Labute approximate surface area is 145 Å². The van der Waals surface area contributed by atoms with Gasteiger partial charge in [0.05, 0.1) is 11.9 Å². The third-order valence-corrected chi connectivity index (χ3v) is 4.73. The zero-order valence-corrected chi connectivity index (χ0v) is 14.3. The van der Waals surface area contributed by atoms with Gasteiger partial charge in [-0.3, -0.25) is 9.58 Å². The Morgan fingerprint density at radius 1 is 1.29 bits per heavy atom. The smallest absolute Gasteiger partial charge is 0.226 e. The molecule has 0 saturated carbocycles. The molecule has 3 heterocycles. The third-order valence-electron chi connectivity index (χ3n) is 4.48. The molecule has 1 aromatic carbocycles. The monoisotopic (exact) mass is 342 g/mol. The van der Waals surface area contributed by atoms with Crippen LogP contribution in [0.1, 0.15) is 30.1 Å². The van der Waals surface area contributed by atoms with E-state index in [1.54, 1.807) is 6.26 Å². The van der Waals surface area contributed by atoms with Crippen LogP contribution in [0.4, 0.5) is 0 Å². The van der Waals surface area contributed by atoms with Crippen LogP contribution in [-0.4, -0.2) is 26.2 Å². The maximum absolute atomic E-state index is 5.93. The summed E-state index contributed by atoms with van der Waals surface area (Å²) in [5, 5.41) is 5.01. The Kier molecular flexibility index (Phi) is 4.12. The summed E-state index contributed by atoms with van der Waals surface area (Å²) in [5.41, 5.74) is 3.17. The van der Waals surface area contributed by atoms with E-state index in [1.165, 1.54) is 12.0 Å². The van der Waals surface area contributed by atoms with Gasteiger partial charge in [0.2, 0.25) is 5.89 Å². The number of nitrogens with zero attached hydrogens (tertiary/aromatic N) is 4. The number of benzene rings is 1. The SMILES string of the molecule is Cn1cc(C2CCCN2Cc2coc(-c3ccc(Cl)cc3)n2)cn1. The predicted molar refractivity (Wildman–Crippen MR) is 92.5 cm³/mol. The van der Waals surface area contributed by atoms with Crippen molar-refractivity contribution in [1.82, 2.24) is 19.7 Å². The Balaban J connectivity index is 1.50. The molecule has 6 heteroatoms. The highest BCUT2D eigenvalue weighted by molar-refractivity contribution is 6.30. The van der Waals surface area contributed by atoms with Crippen LogP contribution < -0.4 is 0 Å². The van der Waals surface area contributed by atoms with Gasteiger partial charge in [0.15, 0.2) is 0 Å². The summed E-state index contributed by atoms with van der Waals surface area (Å²) in [4.78, 5) is 7.08. The number of halogens is 1. The summed E-state index contributed by atoms with van der Waals surface area (Å²) in [7, 11) is 1.96. The molecule has 1 atom stereocenters. The van der Waals surface area contributed by atoms with Gasteiger partial charge in [-0.2, -0.15) is 5.10 Å². The second kappa shape index (κ2) is 6.42. The van der Waals surface area contributed by atoms with Crippen molar-refractivity contribution in [2.45, 2.75) is 25.4 Å². The second-order valence-electron chi connectivity index (χ2n) is 6.23. The highest BCUT2D eigenvalue weighted by Crippen LogP contribution is 2.33. The standard InChI is InChI=1S/C18H19ClN4O/c1-22-10-14(9-20-22)17-3-2-8-23(17)11-16-12-24-18(21-16)13-4-6-15(19)7-5-13/h4-7,9-10,12,17H,2-3,8,11H2,1H3. The van der Waals surface area contributed by atoms with Crippen molar-refractivity contribution < 1.29 is 4.42 Å². The van der Waals surface area contributed by atoms with E-state index < -0.39 is 0 Å². The molecule has 0 radical (unpaired) electrons. The van der Waals surface area contributed by atoms with Crippen LogP contribution in [0.3, 0.4) is 0 Å². The Morgan fingerprint density at radius 2 is 2.12 bits per heavy atom. The fraction of sp³-hybridized carbons (Fsp3) is 0.333. The average Bonchev–Trinajstić information content (AvgIpc) is 3.30. The Hall–Kier alpha value is -2.11. The first-order chi connectivity index (χ1) is 11.7. The number of likely N-dealkylation sites (tertiary alicyclic amines) is 1. The minimum absolute atomic E-state index is 0.411. The van der Waals surface area contributed by atoms with Crippen LogP contribution in [-0.2, 0) is 13.6 Å². The lowest BCUT2D eigenvalue weighted by atomic mass is 10.1. The molecule has 1 aliphatic heterocycles. The maximum atomic E-state index is 5.93. The first-order valence-electron chi connectivity index (χ1n) is 8.12. The number of aromatic nitrogens is 3. The van der Waals surface area contributed by atoms with Crippen LogP contribution in [0.15, 0.2) is 47.3 Å². The van der Waals surface area contributed by atoms with Crippen molar-refractivity contribution in [1.29, 1.82) is 0 Å². The van der Waals surface area contributed by atoms with E-state index in [2.05, 4.69) is 21.2 Å². The maximum Gasteiger partial charge on any atom is 0.226 e. The number of aryl methyl sites for hydroxylation is 1. The highest BCUT2D eigenvalue weighted by Gasteiger charge is 2.27. The molecule has 5 nitrogen and oxygen atoms in total. The molecule has 0 aliphatic carbocycles. The minimum atomic E-state index is 0.411. The van der Waals surface area contributed by atoms with E-state index >= 15 is 0 Å². The molecule has 0 N–H and O–H groups in total. The lowest BCUT2D eigenvalue weighted by molar-refractivity contribution is 0.245. The van der Waals surface area contributed by atoms with Crippen LogP contribution >= 0.6 is 11.6 Å². The quantitative estimate of drug-likeness (QED) is 0.717. The molecule has 1 unspecified atom stereocenters. The fourth-order valence-electron chi connectivity index (χ4n) is 3.32. The summed E-state index contributed by atoms with van der Waals surface area (Å²) in [6.07, 6.45) is 8.17. The Morgan fingerprint density at radius 3 is 2.88 bits per heavy atom. The summed E-state index contributed by atoms with van der Waals surface area (Å²) < 4.78 is 7.51. The first-order valence-corrected chi connectivity index (χ1v) is 8.50. The Bertz CT molecular complexity index is 824. The molecule has 1 fully saturated rings. The first kappa shape index (κ1) is 15.4. The molecule has 1 aliphatic rings. The largest absolute Gasteiger partial charge is 0.444 e. The lowest BCUT2D eigenvalue weighted by Gasteiger charge is -2.22. The third kappa shape index (κ3) is 3.09. The number of rotatable bonds is 4. The van der Waals surface area contributed by atoms with E-state index in [1.807, 2.05) is 42.2 Å². The second-order valence-corrected chi connectivity index (χ2v) is 6.66. The van der Waals surface area contributed by atoms with Gasteiger partial charge < -0.3 is 4.42 Å². The van der Waals surface area contributed by atoms with Crippen molar-refractivity contribution in [2.24, 2.45) is 7.05 Å². The molecular formula is C18H19ClN4O. The molecule has 1 saturated heterocycles. The molecule has 4 rings (SSSR count). The van der Waals surface area contributed by atoms with E-state index in [9.17, 15) is 0 Å². The van der Waals surface area contributed by atoms with E-state index in [4.69, 9.17) is 16.0 Å². The minimum Gasteiger partial charge on any atom is -0.444 e. The summed E-state index contributed by atoms with van der Waals surface area (Å²) >= 11 is 5.93. The van der Waals surface area contributed by atoms with Crippen LogP contribution in [0, 0.1) is 0 Å².